The maximum atomic E-state index is 11.1. The molecule has 19 heavy (non-hydrogen) atoms. The number of nitrogens with zero attached hydrogens (tertiary/aromatic N) is 1. The van der Waals surface area contributed by atoms with Crippen molar-refractivity contribution < 1.29 is 14.7 Å². The van der Waals surface area contributed by atoms with Gasteiger partial charge >= 0.3 is 5.97 Å². The molecule has 0 radical (unpaired) electrons. The van der Waals surface area contributed by atoms with Gasteiger partial charge in [-0.15, -0.1) is 0 Å². The van der Waals surface area contributed by atoms with Gasteiger partial charge in [-0.25, -0.2) is 0 Å². The molecule has 0 saturated heterocycles. The monoisotopic (exact) mass is 262 g/mol. The predicted octanol–water partition coefficient (Wildman–Crippen LogP) is 0.942. The third-order valence-electron chi connectivity index (χ3n) is 3.38. The van der Waals surface area contributed by atoms with Crippen molar-refractivity contribution in [2.45, 2.75) is 25.7 Å². The Labute approximate surface area is 112 Å². The fraction of sp³-hybridized carbons (Fsp3) is 0.429. The van der Waals surface area contributed by atoms with Gasteiger partial charge in [0.15, 0.2) is 0 Å². The van der Waals surface area contributed by atoms with E-state index in [-0.39, 0.29) is 13.1 Å². The summed E-state index contributed by atoms with van der Waals surface area (Å²) in [7, 11) is 0. The number of rotatable bonds is 5. The van der Waals surface area contributed by atoms with Crippen LogP contribution in [0.1, 0.15) is 24.0 Å². The van der Waals surface area contributed by atoms with E-state index >= 15 is 0 Å². The van der Waals surface area contributed by atoms with Crippen molar-refractivity contribution in [2.24, 2.45) is 5.73 Å². The number of anilines is 1. The lowest BCUT2D eigenvalue weighted by molar-refractivity contribution is -0.135. The number of carbonyl (C=O) groups excluding carboxylic acids is 1. The molecule has 0 unspecified atom stereocenters. The van der Waals surface area contributed by atoms with E-state index < -0.39 is 11.9 Å². The van der Waals surface area contributed by atoms with Crippen LogP contribution in [0, 0.1) is 0 Å². The van der Waals surface area contributed by atoms with Gasteiger partial charge < -0.3 is 15.7 Å². The first-order valence-corrected chi connectivity index (χ1v) is 6.43. The Bertz CT molecular complexity index is 483. The molecule has 0 saturated carbocycles. The van der Waals surface area contributed by atoms with E-state index in [0.717, 1.165) is 36.9 Å². The molecule has 0 heterocycles. The molecule has 102 valence electrons. The summed E-state index contributed by atoms with van der Waals surface area (Å²) in [6, 6.07) is 5.85. The molecule has 1 aliphatic carbocycles. The number of hydrogen-bond acceptors (Lipinski definition) is 3. The number of fused-ring (bicyclic) bond motifs is 1. The number of primary amides is 1. The topological polar surface area (TPSA) is 83.6 Å². The molecule has 1 aromatic carbocycles. The highest BCUT2D eigenvalue weighted by molar-refractivity contribution is 5.83. The van der Waals surface area contributed by atoms with E-state index in [9.17, 15) is 9.59 Å². The molecule has 0 aromatic heterocycles. The molecule has 0 bridgehead atoms. The first kappa shape index (κ1) is 13.4. The fourth-order valence-electron chi connectivity index (χ4n) is 2.64. The van der Waals surface area contributed by atoms with E-state index in [4.69, 9.17) is 10.8 Å². The van der Waals surface area contributed by atoms with Crippen molar-refractivity contribution in [3.05, 3.63) is 29.3 Å². The predicted molar refractivity (Wildman–Crippen MR) is 72.1 cm³/mol. The third kappa shape index (κ3) is 3.24. The Morgan fingerprint density at radius 1 is 1.21 bits per heavy atom. The highest BCUT2D eigenvalue weighted by atomic mass is 16.4. The molecule has 3 N–H and O–H groups in total. The third-order valence-corrected chi connectivity index (χ3v) is 3.38. The average Bonchev–Trinajstić information content (AvgIpc) is 2.36. The summed E-state index contributed by atoms with van der Waals surface area (Å²) >= 11 is 0. The largest absolute Gasteiger partial charge is 0.480 e. The number of aliphatic carboxylic acids is 1. The van der Waals surface area contributed by atoms with Gasteiger partial charge in [-0.05, 0) is 42.9 Å². The molecule has 1 amide bonds. The Hall–Kier alpha value is -2.04. The molecule has 2 rings (SSSR count). The lowest BCUT2D eigenvalue weighted by atomic mass is 9.90. The van der Waals surface area contributed by atoms with Crippen LogP contribution in [0.25, 0.3) is 0 Å². The Balaban J connectivity index is 2.35. The second kappa shape index (κ2) is 5.73. The van der Waals surface area contributed by atoms with E-state index in [2.05, 4.69) is 6.07 Å². The summed E-state index contributed by atoms with van der Waals surface area (Å²) in [5, 5.41) is 8.97. The second-order valence-corrected chi connectivity index (χ2v) is 4.84. The Morgan fingerprint density at radius 3 is 2.63 bits per heavy atom. The lowest BCUT2D eigenvalue weighted by Gasteiger charge is -2.27. The Kier molecular flexibility index (Phi) is 4.04. The number of hydrogen-bond donors (Lipinski definition) is 2. The normalized spacial score (nSPS) is 13.7. The summed E-state index contributed by atoms with van der Waals surface area (Å²) in [4.78, 5) is 23.6. The van der Waals surface area contributed by atoms with Gasteiger partial charge in [0, 0.05) is 5.69 Å². The number of carboxylic acid groups (broad SMARTS) is 1. The van der Waals surface area contributed by atoms with Gasteiger partial charge in [-0.2, -0.15) is 0 Å². The summed E-state index contributed by atoms with van der Waals surface area (Å²) in [6.07, 6.45) is 4.20. The van der Waals surface area contributed by atoms with Crippen LogP contribution >= 0.6 is 0 Å². The number of nitrogens with two attached hydrogens (primary N) is 1. The van der Waals surface area contributed by atoms with Gasteiger partial charge in [-0.3, -0.25) is 9.59 Å². The van der Waals surface area contributed by atoms with E-state index in [1.54, 1.807) is 4.90 Å². The Morgan fingerprint density at radius 2 is 1.95 bits per heavy atom. The zero-order chi connectivity index (χ0) is 13.8. The van der Waals surface area contributed by atoms with Crippen LogP contribution in [-0.4, -0.2) is 30.1 Å². The molecule has 1 aromatic rings. The standard InChI is InChI=1S/C14H18N2O3/c15-13(17)8-16(9-14(18)19)12-7-3-5-10-4-1-2-6-11(10)12/h3,5,7H,1-2,4,6,8-9H2,(H2,15,17)(H,18,19). The molecule has 0 atom stereocenters. The van der Waals surface area contributed by atoms with E-state index in [0.29, 0.717) is 0 Å². The highest BCUT2D eigenvalue weighted by Gasteiger charge is 2.19. The molecular weight excluding hydrogens is 244 g/mol. The first-order valence-electron chi connectivity index (χ1n) is 6.43. The summed E-state index contributed by atoms with van der Waals surface area (Å²) in [6.45, 7) is -0.276. The summed E-state index contributed by atoms with van der Waals surface area (Å²) < 4.78 is 0. The van der Waals surface area contributed by atoms with Crippen LogP contribution in [0.5, 0.6) is 0 Å². The number of amides is 1. The molecule has 5 nitrogen and oxygen atoms in total. The second-order valence-electron chi connectivity index (χ2n) is 4.84. The highest BCUT2D eigenvalue weighted by Crippen LogP contribution is 2.30. The van der Waals surface area contributed by atoms with Gasteiger partial charge in [0.1, 0.15) is 6.54 Å². The van der Waals surface area contributed by atoms with Crippen LogP contribution < -0.4 is 10.6 Å². The zero-order valence-corrected chi connectivity index (χ0v) is 10.8. The molecule has 1 aliphatic rings. The smallest absolute Gasteiger partial charge is 0.323 e. The molecule has 0 fully saturated rings. The number of benzene rings is 1. The van der Waals surface area contributed by atoms with Crippen LogP contribution in [0.15, 0.2) is 18.2 Å². The minimum absolute atomic E-state index is 0.0667. The van der Waals surface area contributed by atoms with Crippen LogP contribution in [0.2, 0.25) is 0 Å². The minimum Gasteiger partial charge on any atom is -0.480 e. The van der Waals surface area contributed by atoms with Crippen molar-refractivity contribution in [1.82, 2.24) is 0 Å². The molecular formula is C14H18N2O3. The fourth-order valence-corrected chi connectivity index (χ4v) is 2.64. The van der Waals surface area contributed by atoms with E-state index in [1.807, 2.05) is 12.1 Å². The maximum absolute atomic E-state index is 11.1. The lowest BCUT2D eigenvalue weighted by Crippen LogP contribution is -2.38. The van der Waals surface area contributed by atoms with Crippen molar-refractivity contribution in [2.75, 3.05) is 18.0 Å². The number of aryl methyl sites for hydroxylation is 1. The number of carbonyl (C=O) groups is 2. The van der Waals surface area contributed by atoms with E-state index in [1.165, 1.54) is 5.56 Å². The maximum Gasteiger partial charge on any atom is 0.323 e. The van der Waals surface area contributed by atoms with Gasteiger partial charge in [0.2, 0.25) is 5.91 Å². The van der Waals surface area contributed by atoms with Crippen LogP contribution in [0.4, 0.5) is 5.69 Å². The number of carboxylic acids is 1. The first-order chi connectivity index (χ1) is 9.08. The van der Waals surface area contributed by atoms with Crippen LogP contribution in [-0.2, 0) is 22.4 Å². The van der Waals surface area contributed by atoms with Gasteiger partial charge in [-0.1, -0.05) is 12.1 Å². The van der Waals surface area contributed by atoms with Gasteiger partial charge in [0.25, 0.3) is 0 Å². The van der Waals surface area contributed by atoms with Crippen molar-refractivity contribution >= 4 is 17.6 Å². The molecule has 0 spiro atoms. The average molecular weight is 262 g/mol. The SMILES string of the molecule is NC(=O)CN(CC(=O)O)c1cccc2c1CCCC2. The van der Waals surface area contributed by atoms with Crippen molar-refractivity contribution in [1.29, 1.82) is 0 Å². The minimum atomic E-state index is -0.963. The van der Waals surface area contributed by atoms with Crippen LogP contribution in [0.3, 0.4) is 0 Å². The van der Waals surface area contributed by atoms with Crippen molar-refractivity contribution in [3.8, 4) is 0 Å². The summed E-state index contributed by atoms with van der Waals surface area (Å²) in [5.41, 5.74) is 8.46. The summed E-state index contributed by atoms with van der Waals surface area (Å²) in [5.74, 6) is -1.48. The van der Waals surface area contributed by atoms with Gasteiger partial charge in [0.05, 0.1) is 6.54 Å². The van der Waals surface area contributed by atoms with Crippen molar-refractivity contribution in [3.63, 3.8) is 0 Å². The molecule has 5 heteroatoms. The molecule has 0 aliphatic heterocycles. The zero-order valence-electron chi connectivity index (χ0n) is 10.8. The quantitative estimate of drug-likeness (QED) is 0.827.